The van der Waals surface area contributed by atoms with Gasteiger partial charge in [0.15, 0.2) is 0 Å². The molecule has 124 valence electrons. The van der Waals surface area contributed by atoms with E-state index in [1.165, 1.54) is 12.1 Å². The number of benzene rings is 1. The highest BCUT2D eigenvalue weighted by molar-refractivity contribution is 6.30. The molecule has 4 rings (SSSR count). The van der Waals surface area contributed by atoms with E-state index in [9.17, 15) is 9.18 Å². The van der Waals surface area contributed by atoms with Crippen LogP contribution in [0.2, 0.25) is 5.02 Å². The van der Waals surface area contributed by atoms with E-state index in [0.29, 0.717) is 5.69 Å². The van der Waals surface area contributed by atoms with Gasteiger partial charge in [0.2, 0.25) is 5.91 Å². The van der Waals surface area contributed by atoms with Gasteiger partial charge < -0.3 is 10.1 Å². The first-order valence-corrected chi connectivity index (χ1v) is 8.32. The summed E-state index contributed by atoms with van der Waals surface area (Å²) in [5.74, 6) is -0.983. The number of fused-ring (bicyclic) bond motifs is 2. The average Bonchev–Trinajstić information content (AvgIpc) is 3.20. The van der Waals surface area contributed by atoms with Crippen LogP contribution in [-0.2, 0) is 9.53 Å². The Balaban J connectivity index is 1.59. The molecule has 0 spiro atoms. The van der Waals surface area contributed by atoms with Crippen LogP contribution in [0.3, 0.4) is 0 Å². The fourth-order valence-electron chi connectivity index (χ4n) is 3.82. The molecule has 1 N–H and O–H groups in total. The van der Waals surface area contributed by atoms with Gasteiger partial charge in [0, 0.05) is 24.0 Å². The zero-order chi connectivity index (χ0) is 16.7. The van der Waals surface area contributed by atoms with E-state index in [-0.39, 0.29) is 35.0 Å². The topological polar surface area (TPSA) is 51.2 Å². The molecule has 24 heavy (non-hydrogen) atoms. The summed E-state index contributed by atoms with van der Waals surface area (Å²) in [7, 11) is 0. The van der Waals surface area contributed by atoms with Crippen LogP contribution in [0.5, 0.6) is 0 Å². The molecule has 4 nitrogen and oxygen atoms in total. The lowest BCUT2D eigenvalue weighted by Crippen LogP contribution is -2.36. The van der Waals surface area contributed by atoms with Gasteiger partial charge in [-0.15, -0.1) is 0 Å². The molecule has 2 saturated heterocycles. The van der Waals surface area contributed by atoms with Crippen LogP contribution in [0, 0.1) is 11.7 Å². The Bertz CT molecular complexity index is 771. The molecule has 1 aromatic heterocycles. The molecule has 3 heterocycles. The van der Waals surface area contributed by atoms with Gasteiger partial charge in [0.05, 0.1) is 23.1 Å². The maximum Gasteiger partial charge on any atom is 0.230 e. The van der Waals surface area contributed by atoms with Crippen LogP contribution < -0.4 is 5.32 Å². The van der Waals surface area contributed by atoms with Crippen LogP contribution in [0.4, 0.5) is 10.1 Å². The molecule has 2 aliphatic rings. The van der Waals surface area contributed by atoms with Crippen LogP contribution in [-0.4, -0.2) is 23.1 Å². The van der Waals surface area contributed by atoms with E-state index in [0.717, 1.165) is 18.4 Å². The number of anilines is 1. The maximum absolute atomic E-state index is 13.6. The molecule has 2 bridgehead atoms. The van der Waals surface area contributed by atoms with Gasteiger partial charge in [0.25, 0.3) is 0 Å². The molecule has 4 atom stereocenters. The van der Waals surface area contributed by atoms with Crippen LogP contribution in [0.1, 0.15) is 24.3 Å². The Hall–Kier alpha value is -1.98. The standard InChI is InChI=1S/C18H16ClFN2O2/c19-12-2-1-11(9-13(12)20)22-18(23)17-15-4-3-14(24-15)16(17)10-5-7-21-8-6-10/h1-2,5-9,14-17H,3-4H2,(H,22,23). The minimum Gasteiger partial charge on any atom is -0.373 e. The Kier molecular flexibility index (Phi) is 3.98. The first kappa shape index (κ1) is 15.5. The molecule has 0 radical (unpaired) electrons. The van der Waals surface area contributed by atoms with Gasteiger partial charge >= 0.3 is 0 Å². The largest absolute Gasteiger partial charge is 0.373 e. The number of carbonyl (C=O) groups is 1. The third-order valence-electron chi connectivity index (χ3n) is 4.85. The second-order valence-corrected chi connectivity index (χ2v) is 6.65. The molecule has 1 amide bonds. The SMILES string of the molecule is O=C(Nc1ccc(Cl)c(F)c1)C1C2CCC(O2)C1c1ccncc1. The van der Waals surface area contributed by atoms with E-state index >= 15 is 0 Å². The summed E-state index contributed by atoms with van der Waals surface area (Å²) in [5, 5.41) is 2.84. The first-order chi connectivity index (χ1) is 11.6. The summed E-state index contributed by atoms with van der Waals surface area (Å²) in [4.78, 5) is 16.9. The molecule has 0 saturated carbocycles. The highest BCUT2D eigenvalue weighted by Gasteiger charge is 2.52. The lowest BCUT2D eigenvalue weighted by molar-refractivity contribution is -0.121. The van der Waals surface area contributed by atoms with Gasteiger partial charge in [0.1, 0.15) is 5.82 Å². The van der Waals surface area contributed by atoms with Crippen molar-refractivity contribution in [1.29, 1.82) is 0 Å². The van der Waals surface area contributed by atoms with Crippen molar-refractivity contribution in [3.05, 3.63) is 59.1 Å². The number of carbonyl (C=O) groups excluding carboxylic acids is 1. The fourth-order valence-corrected chi connectivity index (χ4v) is 3.94. The number of hydrogen-bond donors (Lipinski definition) is 1. The molecule has 2 fully saturated rings. The van der Waals surface area contributed by atoms with Crippen LogP contribution in [0.15, 0.2) is 42.7 Å². The number of amides is 1. The van der Waals surface area contributed by atoms with Gasteiger partial charge in [-0.1, -0.05) is 11.6 Å². The number of aromatic nitrogens is 1. The number of nitrogens with one attached hydrogen (secondary N) is 1. The summed E-state index contributed by atoms with van der Waals surface area (Å²) in [5.41, 5.74) is 1.46. The fraction of sp³-hybridized carbons (Fsp3) is 0.333. The van der Waals surface area contributed by atoms with Crippen molar-refractivity contribution in [2.45, 2.75) is 31.0 Å². The smallest absolute Gasteiger partial charge is 0.230 e. The second kappa shape index (κ2) is 6.15. The lowest BCUT2D eigenvalue weighted by atomic mass is 9.75. The first-order valence-electron chi connectivity index (χ1n) is 7.95. The van der Waals surface area contributed by atoms with E-state index in [4.69, 9.17) is 16.3 Å². The maximum atomic E-state index is 13.6. The quantitative estimate of drug-likeness (QED) is 0.920. The molecule has 1 aromatic carbocycles. The normalized spacial score (nSPS) is 28.1. The van der Waals surface area contributed by atoms with Gasteiger partial charge in [-0.25, -0.2) is 4.39 Å². The predicted molar refractivity (Wildman–Crippen MR) is 88.4 cm³/mol. The van der Waals surface area contributed by atoms with Crippen molar-refractivity contribution >= 4 is 23.2 Å². The van der Waals surface area contributed by atoms with E-state index in [1.54, 1.807) is 18.5 Å². The van der Waals surface area contributed by atoms with Crippen LogP contribution in [0.25, 0.3) is 0 Å². The number of hydrogen-bond acceptors (Lipinski definition) is 3. The second-order valence-electron chi connectivity index (χ2n) is 6.24. The Morgan fingerprint density at radius 3 is 2.71 bits per heavy atom. The van der Waals surface area contributed by atoms with Crippen molar-refractivity contribution in [1.82, 2.24) is 4.98 Å². The highest BCUT2D eigenvalue weighted by atomic mass is 35.5. The van der Waals surface area contributed by atoms with Crippen molar-refractivity contribution in [3.63, 3.8) is 0 Å². The van der Waals surface area contributed by atoms with E-state index in [2.05, 4.69) is 10.3 Å². The summed E-state index contributed by atoms with van der Waals surface area (Å²) in [6.45, 7) is 0. The van der Waals surface area contributed by atoms with Crippen LogP contribution >= 0.6 is 11.6 Å². The Morgan fingerprint density at radius 1 is 1.21 bits per heavy atom. The average molecular weight is 347 g/mol. The zero-order valence-electron chi connectivity index (χ0n) is 12.8. The molecule has 6 heteroatoms. The molecule has 0 aliphatic carbocycles. The number of ether oxygens (including phenoxy) is 1. The third kappa shape index (κ3) is 2.68. The van der Waals surface area contributed by atoms with Crippen molar-refractivity contribution in [2.24, 2.45) is 5.92 Å². The summed E-state index contributed by atoms with van der Waals surface area (Å²) in [6.07, 6.45) is 5.24. The minimum absolute atomic E-state index is 0.00361. The highest BCUT2D eigenvalue weighted by Crippen LogP contribution is 2.49. The minimum atomic E-state index is -0.552. The van der Waals surface area contributed by atoms with Crippen molar-refractivity contribution in [3.8, 4) is 0 Å². The molecular weight excluding hydrogens is 331 g/mol. The third-order valence-corrected chi connectivity index (χ3v) is 5.16. The monoisotopic (exact) mass is 346 g/mol. The van der Waals surface area contributed by atoms with Crippen molar-refractivity contribution < 1.29 is 13.9 Å². The number of halogens is 2. The predicted octanol–water partition coefficient (Wildman–Crippen LogP) is 3.77. The molecule has 2 aromatic rings. The van der Waals surface area contributed by atoms with Gasteiger partial charge in [-0.2, -0.15) is 0 Å². The van der Waals surface area contributed by atoms with E-state index < -0.39 is 5.82 Å². The summed E-state index contributed by atoms with van der Waals surface area (Å²) >= 11 is 5.69. The number of nitrogens with zero attached hydrogens (tertiary/aromatic N) is 1. The number of pyridine rings is 1. The Labute approximate surface area is 144 Å². The lowest BCUT2D eigenvalue weighted by Gasteiger charge is -2.27. The molecular formula is C18H16ClFN2O2. The zero-order valence-corrected chi connectivity index (χ0v) is 13.5. The summed E-state index contributed by atoms with van der Waals surface area (Å²) < 4.78 is 19.6. The number of rotatable bonds is 3. The van der Waals surface area contributed by atoms with Gasteiger partial charge in [-0.05, 0) is 48.7 Å². The Morgan fingerprint density at radius 2 is 1.96 bits per heavy atom. The summed E-state index contributed by atoms with van der Waals surface area (Å²) in [6, 6.07) is 8.12. The van der Waals surface area contributed by atoms with E-state index in [1.807, 2.05) is 12.1 Å². The van der Waals surface area contributed by atoms with Crippen molar-refractivity contribution in [2.75, 3.05) is 5.32 Å². The van der Waals surface area contributed by atoms with Gasteiger partial charge in [-0.3, -0.25) is 9.78 Å². The molecule has 4 unspecified atom stereocenters. The molecule has 2 aliphatic heterocycles.